The van der Waals surface area contributed by atoms with Gasteiger partial charge >= 0.3 is 0 Å². The van der Waals surface area contributed by atoms with Crippen molar-refractivity contribution in [1.82, 2.24) is 10.0 Å². The summed E-state index contributed by atoms with van der Waals surface area (Å²) in [5, 5.41) is 17.2. The molecule has 4 unspecified atom stereocenters. The lowest BCUT2D eigenvalue weighted by Gasteiger charge is -2.30. The van der Waals surface area contributed by atoms with Crippen LogP contribution in [0.3, 0.4) is 0 Å². The van der Waals surface area contributed by atoms with E-state index in [-0.39, 0.29) is 24.4 Å². The van der Waals surface area contributed by atoms with Crippen molar-refractivity contribution in [2.75, 3.05) is 11.4 Å². The number of anilines is 1. The Labute approximate surface area is 271 Å². The zero-order valence-electron chi connectivity index (χ0n) is 23.2. The van der Waals surface area contributed by atoms with Gasteiger partial charge in [-0.1, -0.05) is 74.7 Å². The summed E-state index contributed by atoms with van der Waals surface area (Å²) < 4.78 is 0.730. The summed E-state index contributed by atoms with van der Waals surface area (Å²) in [4.78, 5) is 41.9. The molecule has 0 radical (unpaired) electrons. The normalized spacial score (nSPS) is 25.1. The Morgan fingerprint density at radius 3 is 2.41 bits per heavy atom. The van der Waals surface area contributed by atoms with Crippen molar-refractivity contribution in [1.29, 1.82) is 0 Å². The van der Waals surface area contributed by atoms with E-state index in [0.29, 0.717) is 15.7 Å². The third-order valence-electron chi connectivity index (χ3n) is 8.40. The quantitative estimate of drug-likeness (QED) is 0.273. The van der Waals surface area contributed by atoms with Gasteiger partial charge in [0.25, 0.3) is 17.7 Å². The molecule has 4 aliphatic rings. The van der Waals surface area contributed by atoms with Gasteiger partial charge in [-0.25, -0.2) is 9.91 Å². The molecular formula is C32H25BrCl2N6O3. The molecule has 1 saturated heterocycles. The standard InChI is InChI=1S/C32H25BrCl2N6O3/c33-21-4-2-5-24(16-21)40-31(43)28-30(32(40)44)39(38-36-28)17-26(42)41-29(19-9-13-23(35)14-10-19)25-6-1-3-20(27(25)37-41)15-18-7-11-22(34)12-8-18/h2,4-5,7-16,25,28-30H,1,3,6,17H2/b20-15+. The van der Waals surface area contributed by atoms with Gasteiger partial charge in [-0.05, 0) is 84.5 Å². The highest BCUT2D eigenvalue weighted by molar-refractivity contribution is 9.10. The molecule has 0 bridgehead atoms. The SMILES string of the molecule is O=C1C2N=NN(CC(=O)N3N=C4/C(=C/c5ccc(Cl)cc5)CCCC4C3c3ccc(Cl)cc3)C2C(=O)N1c1cccc(Br)c1. The first-order valence-corrected chi connectivity index (χ1v) is 15.8. The lowest BCUT2D eigenvalue weighted by atomic mass is 9.77. The van der Waals surface area contributed by atoms with Crippen molar-refractivity contribution in [3.8, 4) is 0 Å². The van der Waals surface area contributed by atoms with E-state index < -0.39 is 23.9 Å². The number of hydrazone groups is 1. The highest BCUT2D eigenvalue weighted by Crippen LogP contribution is 2.45. The second-order valence-electron chi connectivity index (χ2n) is 11.1. The molecule has 3 aromatic rings. The predicted molar refractivity (Wildman–Crippen MR) is 171 cm³/mol. The molecule has 4 atom stereocenters. The number of fused-ring (bicyclic) bond motifs is 2. The summed E-state index contributed by atoms with van der Waals surface area (Å²) in [5.74, 6) is -1.32. The topological polar surface area (TPSA) is 98.0 Å². The number of hydrogen-bond donors (Lipinski definition) is 0. The van der Waals surface area contributed by atoms with Gasteiger partial charge in [-0.3, -0.25) is 19.4 Å². The minimum atomic E-state index is -1.01. The Morgan fingerprint density at radius 2 is 1.68 bits per heavy atom. The molecule has 0 aromatic heterocycles. The van der Waals surface area contributed by atoms with Crippen LogP contribution in [0, 0.1) is 5.92 Å². The van der Waals surface area contributed by atoms with E-state index in [4.69, 9.17) is 28.3 Å². The first-order valence-electron chi connectivity index (χ1n) is 14.2. The first-order chi connectivity index (χ1) is 21.3. The van der Waals surface area contributed by atoms with E-state index >= 15 is 0 Å². The van der Waals surface area contributed by atoms with Crippen LogP contribution < -0.4 is 4.90 Å². The number of amides is 3. The maximum Gasteiger partial charge on any atom is 0.264 e. The minimum Gasteiger partial charge on any atom is -0.271 e. The van der Waals surface area contributed by atoms with Crippen molar-refractivity contribution in [2.45, 2.75) is 37.4 Å². The third-order valence-corrected chi connectivity index (χ3v) is 9.40. The summed E-state index contributed by atoms with van der Waals surface area (Å²) in [6, 6.07) is 19.6. The molecule has 222 valence electrons. The molecule has 3 amide bonds. The number of imide groups is 1. The van der Waals surface area contributed by atoms with Gasteiger partial charge in [0.2, 0.25) is 0 Å². The maximum absolute atomic E-state index is 14.1. The van der Waals surface area contributed by atoms with Gasteiger partial charge in [0.05, 0.1) is 17.4 Å². The summed E-state index contributed by atoms with van der Waals surface area (Å²) in [6.07, 6.45) is 4.74. The van der Waals surface area contributed by atoms with E-state index in [0.717, 1.165) is 51.0 Å². The maximum atomic E-state index is 14.1. The summed E-state index contributed by atoms with van der Waals surface area (Å²) >= 11 is 15.7. The zero-order chi connectivity index (χ0) is 30.5. The lowest BCUT2D eigenvalue weighted by molar-refractivity contribution is -0.136. The zero-order valence-corrected chi connectivity index (χ0v) is 26.3. The minimum absolute atomic E-state index is 0.0258. The molecule has 1 saturated carbocycles. The van der Waals surface area contributed by atoms with Crippen molar-refractivity contribution in [3.63, 3.8) is 0 Å². The fraction of sp³-hybridized carbons (Fsp3) is 0.250. The van der Waals surface area contributed by atoms with Crippen LogP contribution in [0.5, 0.6) is 0 Å². The average Bonchev–Trinajstić information content (AvgIpc) is 3.68. The van der Waals surface area contributed by atoms with Gasteiger partial charge in [-0.15, -0.1) is 0 Å². The van der Waals surface area contributed by atoms with Gasteiger partial charge in [0.1, 0.15) is 6.54 Å². The molecule has 7 rings (SSSR count). The molecule has 12 heteroatoms. The van der Waals surface area contributed by atoms with Crippen LogP contribution in [-0.2, 0) is 14.4 Å². The number of halogens is 3. The monoisotopic (exact) mass is 690 g/mol. The van der Waals surface area contributed by atoms with Crippen LogP contribution >= 0.6 is 39.1 Å². The van der Waals surface area contributed by atoms with Crippen molar-refractivity contribution in [3.05, 3.63) is 104 Å². The van der Waals surface area contributed by atoms with E-state index in [1.807, 2.05) is 54.6 Å². The Morgan fingerprint density at radius 1 is 0.955 bits per heavy atom. The number of carbonyl (C=O) groups is 3. The number of benzene rings is 3. The molecule has 1 aliphatic carbocycles. The number of nitrogens with zero attached hydrogens (tertiary/aromatic N) is 6. The summed E-state index contributed by atoms with van der Waals surface area (Å²) in [5.41, 5.74) is 4.29. The first kappa shape index (κ1) is 28.9. The predicted octanol–water partition coefficient (Wildman–Crippen LogP) is 6.87. The second kappa shape index (κ2) is 11.6. The van der Waals surface area contributed by atoms with Crippen molar-refractivity contribution >= 4 is 74.3 Å². The summed E-state index contributed by atoms with van der Waals surface area (Å²) in [7, 11) is 0. The third kappa shape index (κ3) is 5.14. The molecule has 44 heavy (non-hydrogen) atoms. The number of rotatable bonds is 5. The molecule has 0 N–H and O–H groups in total. The molecule has 3 aromatic carbocycles. The Kier molecular flexibility index (Phi) is 7.60. The van der Waals surface area contributed by atoms with E-state index in [2.05, 4.69) is 32.3 Å². The van der Waals surface area contributed by atoms with E-state index in [1.54, 1.807) is 18.2 Å². The Bertz CT molecular complexity index is 1760. The molecule has 9 nitrogen and oxygen atoms in total. The van der Waals surface area contributed by atoms with Crippen molar-refractivity contribution < 1.29 is 14.4 Å². The van der Waals surface area contributed by atoms with Crippen LogP contribution in [0.1, 0.15) is 36.4 Å². The highest BCUT2D eigenvalue weighted by atomic mass is 79.9. The van der Waals surface area contributed by atoms with Crippen LogP contribution in [0.2, 0.25) is 10.0 Å². The number of carbonyl (C=O) groups excluding carboxylic acids is 3. The Hall–Kier alpha value is -3.86. The van der Waals surface area contributed by atoms with Gasteiger partial charge in [0, 0.05) is 20.4 Å². The molecule has 3 heterocycles. The van der Waals surface area contributed by atoms with E-state index in [1.165, 1.54) is 10.0 Å². The van der Waals surface area contributed by atoms with E-state index in [9.17, 15) is 14.4 Å². The molecule has 3 aliphatic heterocycles. The van der Waals surface area contributed by atoms with Crippen molar-refractivity contribution in [2.24, 2.45) is 21.4 Å². The number of allylic oxidation sites excluding steroid dienone is 1. The van der Waals surface area contributed by atoms with Gasteiger partial charge in [-0.2, -0.15) is 10.2 Å². The Balaban J connectivity index is 1.19. The van der Waals surface area contributed by atoms with Crippen LogP contribution in [0.4, 0.5) is 5.69 Å². The average molecular weight is 692 g/mol. The van der Waals surface area contributed by atoms with Crippen LogP contribution in [-0.4, -0.2) is 52.1 Å². The van der Waals surface area contributed by atoms with Gasteiger partial charge in [0.15, 0.2) is 12.1 Å². The fourth-order valence-corrected chi connectivity index (χ4v) is 7.03. The molecule has 2 fully saturated rings. The largest absolute Gasteiger partial charge is 0.271 e. The van der Waals surface area contributed by atoms with Crippen LogP contribution in [0.15, 0.2) is 98.3 Å². The lowest BCUT2D eigenvalue weighted by Crippen LogP contribution is -2.45. The summed E-state index contributed by atoms with van der Waals surface area (Å²) in [6.45, 7) is -0.264. The number of hydrogen-bond acceptors (Lipinski definition) is 7. The van der Waals surface area contributed by atoms with Crippen LogP contribution in [0.25, 0.3) is 6.08 Å². The second-order valence-corrected chi connectivity index (χ2v) is 12.9. The van der Waals surface area contributed by atoms with Gasteiger partial charge < -0.3 is 0 Å². The highest BCUT2D eigenvalue weighted by Gasteiger charge is 2.55. The molecule has 0 spiro atoms. The smallest absolute Gasteiger partial charge is 0.264 e. The fourth-order valence-electron chi connectivity index (χ4n) is 6.40. The molecular weight excluding hydrogens is 667 g/mol.